The van der Waals surface area contributed by atoms with Crippen molar-refractivity contribution in [2.75, 3.05) is 0 Å². The molecule has 0 saturated heterocycles. The van der Waals surface area contributed by atoms with Crippen LogP contribution in [-0.4, -0.2) is 30.8 Å². The molecular formula is C27H26ClF2N5O3. The van der Waals surface area contributed by atoms with Crippen LogP contribution >= 0.6 is 11.6 Å². The minimum atomic E-state index is -1.10. The highest BCUT2D eigenvalue weighted by molar-refractivity contribution is 6.31. The molecule has 1 N–H and O–H groups in total. The van der Waals surface area contributed by atoms with E-state index in [1.54, 1.807) is 39.2 Å². The molecule has 11 heteroatoms. The third-order valence-electron chi connectivity index (χ3n) is 6.12. The molecule has 1 saturated carbocycles. The van der Waals surface area contributed by atoms with Crippen LogP contribution in [0.3, 0.4) is 0 Å². The molecule has 3 aromatic heterocycles. The van der Waals surface area contributed by atoms with E-state index in [-0.39, 0.29) is 29.0 Å². The summed E-state index contributed by atoms with van der Waals surface area (Å²) in [4.78, 5) is 29.5. The summed E-state index contributed by atoms with van der Waals surface area (Å²) < 4.78 is 33.7. The Kier molecular flexibility index (Phi) is 7.84. The molecule has 198 valence electrons. The predicted molar refractivity (Wildman–Crippen MR) is 141 cm³/mol. The van der Waals surface area contributed by atoms with E-state index in [4.69, 9.17) is 16.3 Å². The number of pyridine rings is 2. The third kappa shape index (κ3) is 6.03. The number of hydrogen-bond acceptors (Lipinski definition) is 7. The zero-order chi connectivity index (χ0) is 27.6. The van der Waals surface area contributed by atoms with Gasteiger partial charge in [0.2, 0.25) is 0 Å². The highest BCUT2D eigenvalue weighted by atomic mass is 35.5. The maximum atomic E-state index is 13.8. The zero-order valence-electron chi connectivity index (χ0n) is 21.1. The van der Waals surface area contributed by atoms with E-state index < -0.39 is 22.8 Å². The molecule has 0 radical (unpaired) electrons. The Balaban J connectivity index is 1.49. The number of ether oxygens (including phenoxy) is 1. The van der Waals surface area contributed by atoms with Gasteiger partial charge < -0.3 is 9.84 Å². The number of aliphatic hydroxyl groups is 1. The van der Waals surface area contributed by atoms with Crippen LogP contribution in [0, 0.1) is 24.5 Å². The van der Waals surface area contributed by atoms with Gasteiger partial charge in [0.25, 0.3) is 5.56 Å². The Morgan fingerprint density at radius 2 is 2.11 bits per heavy atom. The molecule has 0 aliphatic heterocycles. The zero-order valence-corrected chi connectivity index (χ0v) is 21.8. The summed E-state index contributed by atoms with van der Waals surface area (Å²) in [6, 6.07) is 3.88. The molecule has 3 aromatic rings. The summed E-state index contributed by atoms with van der Waals surface area (Å²) in [6.45, 7) is 8.74. The fourth-order valence-electron chi connectivity index (χ4n) is 3.73. The first-order valence-corrected chi connectivity index (χ1v) is 12.2. The smallest absolute Gasteiger partial charge is 0.277 e. The van der Waals surface area contributed by atoms with Gasteiger partial charge >= 0.3 is 0 Å². The van der Waals surface area contributed by atoms with Gasteiger partial charge in [-0.1, -0.05) is 18.2 Å². The van der Waals surface area contributed by atoms with Crippen molar-refractivity contribution in [3.8, 4) is 5.75 Å². The van der Waals surface area contributed by atoms with E-state index in [9.17, 15) is 18.7 Å². The largest absolute Gasteiger partial charge is 0.485 e. The van der Waals surface area contributed by atoms with E-state index >= 15 is 0 Å². The standard InChI is InChI=1S/C27H26ClF2N5O3/c1-15(11-32-17(3)21-7-8-31-26(34-21)27(4,37)18-5-6-18)13-35-16(2)9-23(24(28)25(35)36)38-14-22-20(30)10-19(29)12-33-22/h7-13,18,37H,3,5-6,14H2,1-2,4H3/b15-13+,32-11-/t27-/m0/s1. The SMILES string of the molecule is C=C(/N=C\C(C)=C\n1c(C)cc(OCc2ncc(F)cc2F)c(Cl)c1=O)c1ccnc([C@@](C)(O)C2CC2)n1. The van der Waals surface area contributed by atoms with Gasteiger partial charge in [-0.25, -0.2) is 18.7 Å². The first-order valence-electron chi connectivity index (χ1n) is 11.8. The van der Waals surface area contributed by atoms with Crippen molar-refractivity contribution in [3.63, 3.8) is 0 Å². The average molecular weight is 542 g/mol. The predicted octanol–water partition coefficient (Wildman–Crippen LogP) is 5.07. The Hall–Kier alpha value is -3.76. The molecule has 38 heavy (non-hydrogen) atoms. The minimum Gasteiger partial charge on any atom is -0.485 e. The molecule has 0 amide bonds. The molecule has 1 atom stereocenters. The van der Waals surface area contributed by atoms with Gasteiger partial charge in [-0.05, 0) is 51.2 Å². The number of halogens is 3. The monoisotopic (exact) mass is 541 g/mol. The number of nitrogens with zero attached hydrogens (tertiary/aromatic N) is 5. The normalized spacial score (nSPS) is 15.5. The van der Waals surface area contributed by atoms with Gasteiger partial charge in [0.1, 0.15) is 34.5 Å². The van der Waals surface area contributed by atoms with E-state index in [0.29, 0.717) is 34.5 Å². The van der Waals surface area contributed by atoms with Crippen LogP contribution in [0.4, 0.5) is 8.78 Å². The number of aliphatic imine (C=N–C) groups is 1. The van der Waals surface area contributed by atoms with Crippen LogP contribution in [0.25, 0.3) is 11.9 Å². The summed E-state index contributed by atoms with van der Waals surface area (Å²) >= 11 is 6.23. The second kappa shape index (κ2) is 10.9. The molecule has 3 heterocycles. The fraction of sp³-hybridized carbons (Fsp3) is 0.296. The van der Waals surface area contributed by atoms with Crippen LogP contribution in [0.5, 0.6) is 5.75 Å². The summed E-state index contributed by atoms with van der Waals surface area (Å²) in [5.41, 5.74) is 0.166. The summed E-state index contributed by atoms with van der Waals surface area (Å²) in [5, 5.41) is 10.5. The van der Waals surface area contributed by atoms with Gasteiger partial charge in [0.15, 0.2) is 11.6 Å². The van der Waals surface area contributed by atoms with Crippen molar-refractivity contribution in [1.29, 1.82) is 0 Å². The van der Waals surface area contributed by atoms with Crippen LogP contribution in [0.15, 0.2) is 52.5 Å². The molecular weight excluding hydrogens is 516 g/mol. The van der Waals surface area contributed by atoms with Crippen molar-refractivity contribution < 1.29 is 18.6 Å². The average Bonchev–Trinajstić information content (AvgIpc) is 3.74. The maximum Gasteiger partial charge on any atom is 0.277 e. The Morgan fingerprint density at radius 3 is 2.79 bits per heavy atom. The topological polar surface area (TPSA) is 102 Å². The second-order valence-corrected chi connectivity index (χ2v) is 9.65. The van der Waals surface area contributed by atoms with E-state index in [0.717, 1.165) is 19.0 Å². The molecule has 4 rings (SSSR count). The fourth-order valence-corrected chi connectivity index (χ4v) is 3.93. The summed E-state index contributed by atoms with van der Waals surface area (Å²) in [7, 11) is 0. The molecule has 0 unspecified atom stereocenters. The first-order chi connectivity index (χ1) is 18.0. The van der Waals surface area contributed by atoms with Crippen molar-refractivity contribution in [3.05, 3.63) is 92.7 Å². The summed E-state index contributed by atoms with van der Waals surface area (Å²) in [6.07, 6.45) is 7.38. The maximum absolute atomic E-state index is 13.8. The molecule has 0 aromatic carbocycles. The molecule has 1 aliphatic carbocycles. The van der Waals surface area contributed by atoms with Crippen molar-refractivity contribution in [1.82, 2.24) is 19.5 Å². The second-order valence-electron chi connectivity index (χ2n) is 9.28. The number of aryl methyl sites for hydroxylation is 1. The lowest BCUT2D eigenvalue weighted by Gasteiger charge is -2.21. The Bertz CT molecular complexity index is 1510. The summed E-state index contributed by atoms with van der Waals surface area (Å²) in [5.74, 6) is -1.15. The number of allylic oxidation sites excluding steroid dienone is 1. The van der Waals surface area contributed by atoms with Gasteiger partial charge in [-0.3, -0.25) is 19.3 Å². The van der Waals surface area contributed by atoms with Crippen molar-refractivity contribution in [2.45, 2.75) is 45.8 Å². The molecule has 1 fully saturated rings. The van der Waals surface area contributed by atoms with Crippen LogP contribution in [-0.2, 0) is 12.2 Å². The van der Waals surface area contributed by atoms with Gasteiger partial charge in [0, 0.05) is 36.4 Å². The van der Waals surface area contributed by atoms with Gasteiger partial charge in [-0.15, -0.1) is 0 Å². The molecule has 8 nitrogen and oxygen atoms in total. The van der Waals surface area contributed by atoms with Crippen LogP contribution in [0.2, 0.25) is 5.02 Å². The van der Waals surface area contributed by atoms with Crippen LogP contribution in [0.1, 0.15) is 49.6 Å². The molecule has 0 bridgehead atoms. The van der Waals surface area contributed by atoms with E-state index in [1.165, 1.54) is 16.8 Å². The van der Waals surface area contributed by atoms with Crippen molar-refractivity contribution >= 4 is 29.7 Å². The van der Waals surface area contributed by atoms with Crippen molar-refractivity contribution in [2.24, 2.45) is 10.9 Å². The van der Waals surface area contributed by atoms with E-state index in [1.807, 2.05) is 0 Å². The lowest BCUT2D eigenvalue weighted by Crippen LogP contribution is -2.27. The highest BCUT2D eigenvalue weighted by Gasteiger charge is 2.43. The van der Waals surface area contributed by atoms with E-state index in [2.05, 4.69) is 26.5 Å². The quantitative estimate of drug-likeness (QED) is 0.379. The van der Waals surface area contributed by atoms with Gasteiger partial charge in [0.05, 0.1) is 17.6 Å². The number of aromatic nitrogens is 4. The minimum absolute atomic E-state index is 0.0469. The molecule has 1 aliphatic rings. The van der Waals surface area contributed by atoms with Gasteiger partial charge in [-0.2, -0.15) is 0 Å². The Morgan fingerprint density at radius 1 is 1.37 bits per heavy atom. The van der Waals surface area contributed by atoms with Crippen LogP contribution < -0.4 is 10.3 Å². The number of hydrogen-bond donors (Lipinski definition) is 1. The lowest BCUT2D eigenvalue weighted by molar-refractivity contribution is 0.0238. The first kappa shape index (κ1) is 27.3. The Labute approximate surface area is 223 Å². The number of rotatable bonds is 9. The third-order valence-corrected chi connectivity index (χ3v) is 6.47. The molecule has 0 spiro atoms. The lowest BCUT2D eigenvalue weighted by atomic mass is 9.99. The highest BCUT2D eigenvalue weighted by Crippen LogP contribution is 2.44.